The summed E-state index contributed by atoms with van der Waals surface area (Å²) in [6.07, 6.45) is 2.86. The Morgan fingerprint density at radius 1 is 1.15 bits per heavy atom. The Morgan fingerprint density at radius 3 is 2.81 bits per heavy atom. The van der Waals surface area contributed by atoms with Crippen molar-refractivity contribution in [3.63, 3.8) is 0 Å². The summed E-state index contributed by atoms with van der Waals surface area (Å²) in [5, 5.41) is 14.1. The molecule has 0 bridgehead atoms. The molecule has 2 aliphatic rings. The first-order valence-electron chi connectivity index (χ1n) is 9.49. The molecule has 1 N–H and O–H groups in total. The van der Waals surface area contributed by atoms with Crippen LogP contribution in [0.3, 0.4) is 0 Å². The van der Waals surface area contributed by atoms with Crippen LogP contribution >= 0.6 is 0 Å². The standard InChI is InChI=1S/C20H26N4O2/c25-15-17-8-4-10-23(17)20(26)19-12-18-14-22(9-5-11-24(18)21-19)13-16-6-2-1-3-7-16/h1-3,6-7,12,17,25H,4-5,8-11,13-15H2/t17-/m0/s1. The van der Waals surface area contributed by atoms with Gasteiger partial charge in [-0.3, -0.25) is 14.4 Å². The van der Waals surface area contributed by atoms with Gasteiger partial charge in [0.05, 0.1) is 18.3 Å². The summed E-state index contributed by atoms with van der Waals surface area (Å²) in [6.45, 7) is 4.33. The van der Waals surface area contributed by atoms with Crippen molar-refractivity contribution in [3.8, 4) is 0 Å². The largest absolute Gasteiger partial charge is 0.394 e. The van der Waals surface area contributed by atoms with E-state index in [1.54, 1.807) is 4.90 Å². The van der Waals surface area contributed by atoms with Gasteiger partial charge in [-0.05, 0) is 30.9 Å². The lowest BCUT2D eigenvalue weighted by molar-refractivity contribution is 0.0670. The minimum atomic E-state index is -0.0569. The lowest BCUT2D eigenvalue weighted by atomic mass is 10.2. The molecule has 2 aliphatic heterocycles. The quantitative estimate of drug-likeness (QED) is 0.911. The number of aryl methyl sites for hydroxylation is 1. The van der Waals surface area contributed by atoms with Crippen molar-refractivity contribution in [1.29, 1.82) is 0 Å². The summed E-state index contributed by atoms with van der Waals surface area (Å²) in [6, 6.07) is 12.4. The minimum absolute atomic E-state index is 0.0319. The molecule has 4 rings (SSSR count). The molecular formula is C20H26N4O2. The average Bonchev–Trinajstić information content (AvgIpc) is 3.25. The Labute approximate surface area is 154 Å². The maximum absolute atomic E-state index is 12.8. The number of amides is 1. The molecule has 0 radical (unpaired) electrons. The molecule has 1 fully saturated rings. The first-order chi connectivity index (χ1) is 12.7. The molecule has 1 aromatic heterocycles. The molecule has 0 aliphatic carbocycles. The smallest absolute Gasteiger partial charge is 0.274 e. The third kappa shape index (κ3) is 3.52. The first-order valence-corrected chi connectivity index (χ1v) is 9.49. The predicted molar refractivity (Wildman–Crippen MR) is 98.5 cm³/mol. The topological polar surface area (TPSA) is 61.6 Å². The predicted octanol–water partition coefficient (Wildman–Crippen LogP) is 1.89. The molecule has 0 unspecified atom stereocenters. The highest BCUT2D eigenvalue weighted by Crippen LogP contribution is 2.21. The van der Waals surface area contributed by atoms with Gasteiger partial charge in [-0.2, -0.15) is 5.10 Å². The molecule has 1 aromatic carbocycles. The number of hydrogen-bond acceptors (Lipinski definition) is 4. The summed E-state index contributed by atoms with van der Waals surface area (Å²) in [4.78, 5) is 17.0. The van der Waals surface area contributed by atoms with Crippen LogP contribution in [0.2, 0.25) is 0 Å². The van der Waals surface area contributed by atoms with Crippen LogP contribution < -0.4 is 0 Å². The fourth-order valence-electron chi connectivity index (χ4n) is 4.05. The van der Waals surface area contributed by atoms with E-state index >= 15 is 0 Å². The van der Waals surface area contributed by atoms with Crippen LogP contribution in [-0.2, 0) is 19.6 Å². The normalized spacial score (nSPS) is 20.8. The van der Waals surface area contributed by atoms with Gasteiger partial charge in [0.25, 0.3) is 5.91 Å². The van der Waals surface area contributed by atoms with Gasteiger partial charge in [-0.15, -0.1) is 0 Å². The number of benzene rings is 1. The van der Waals surface area contributed by atoms with Crippen LogP contribution in [0, 0.1) is 0 Å². The molecule has 1 amide bonds. The van der Waals surface area contributed by atoms with E-state index in [9.17, 15) is 9.90 Å². The van der Waals surface area contributed by atoms with Crippen LogP contribution in [0.1, 0.15) is 41.0 Å². The van der Waals surface area contributed by atoms with Crippen molar-refractivity contribution in [2.75, 3.05) is 19.7 Å². The third-order valence-electron chi connectivity index (χ3n) is 5.41. The summed E-state index contributed by atoms with van der Waals surface area (Å²) < 4.78 is 1.99. The highest BCUT2D eigenvalue weighted by molar-refractivity contribution is 5.92. The lowest BCUT2D eigenvalue weighted by Gasteiger charge is -2.22. The zero-order valence-corrected chi connectivity index (χ0v) is 15.0. The Kier molecular flexibility index (Phi) is 5.04. The third-order valence-corrected chi connectivity index (χ3v) is 5.41. The van der Waals surface area contributed by atoms with Gasteiger partial charge in [-0.1, -0.05) is 30.3 Å². The molecule has 138 valence electrons. The van der Waals surface area contributed by atoms with E-state index in [2.05, 4.69) is 34.3 Å². The lowest BCUT2D eigenvalue weighted by Crippen LogP contribution is -2.37. The number of rotatable bonds is 4. The second-order valence-corrected chi connectivity index (χ2v) is 7.27. The van der Waals surface area contributed by atoms with Crippen molar-refractivity contribution < 1.29 is 9.90 Å². The van der Waals surface area contributed by atoms with E-state index in [1.807, 2.05) is 16.8 Å². The molecule has 26 heavy (non-hydrogen) atoms. The van der Waals surface area contributed by atoms with Crippen molar-refractivity contribution in [2.24, 2.45) is 0 Å². The van der Waals surface area contributed by atoms with Gasteiger partial charge in [0, 0.05) is 32.7 Å². The minimum Gasteiger partial charge on any atom is -0.394 e. The molecule has 0 saturated carbocycles. The van der Waals surface area contributed by atoms with Gasteiger partial charge in [-0.25, -0.2) is 0 Å². The average molecular weight is 354 g/mol. The SMILES string of the molecule is O=C(c1cc2n(n1)CCCN(Cc1ccccc1)C2)N1CCC[C@H]1CO. The van der Waals surface area contributed by atoms with Crippen molar-refractivity contribution in [2.45, 2.75) is 44.9 Å². The van der Waals surface area contributed by atoms with Crippen LogP contribution in [0.4, 0.5) is 0 Å². The van der Waals surface area contributed by atoms with Gasteiger partial charge < -0.3 is 10.0 Å². The summed E-state index contributed by atoms with van der Waals surface area (Å²) in [7, 11) is 0. The monoisotopic (exact) mass is 354 g/mol. The first kappa shape index (κ1) is 17.2. The maximum atomic E-state index is 12.8. The van der Waals surface area contributed by atoms with E-state index in [1.165, 1.54) is 5.56 Å². The fraction of sp³-hybridized carbons (Fsp3) is 0.500. The summed E-state index contributed by atoms with van der Waals surface area (Å²) in [5.74, 6) is -0.0447. The van der Waals surface area contributed by atoms with Gasteiger partial charge in [0.1, 0.15) is 0 Å². The number of aliphatic hydroxyl groups excluding tert-OH is 1. The second kappa shape index (κ2) is 7.60. The second-order valence-electron chi connectivity index (χ2n) is 7.27. The molecule has 3 heterocycles. The summed E-state index contributed by atoms with van der Waals surface area (Å²) in [5.41, 5.74) is 2.92. The Hall–Kier alpha value is -2.18. The molecule has 6 nitrogen and oxygen atoms in total. The van der Waals surface area contributed by atoms with E-state index in [0.717, 1.165) is 51.1 Å². The van der Waals surface area contributed by atoms with Crippen molar-refractivity contribution in [1.82, 2.24) is 19.6 Å². The zero-order chi connectivity index (χ0) is 17.9. The molecular weight excluding hydrogens is 328 g/mol. The van der Waals surface area contributed by atoms with E-state index < -0.39 is 0 Å². The molecule has 1 saturated heterocycles. The molecule has 1 atom stereocenters. The molecule has 6 heteroatoms. The maximum Gasteiger partial charge on any atom is 0.274 e. The van der Waals surface area contributed by atoms with Crippen LogP contribution in [-0.4, -0.2) is 56.3 Å². The van der Waals surface area contributed by atoms with E-state index in [4.69, 9.17) is 0 Å². The van der Waals surface area contributed by atoms with Gasteiger partial charge in [0.15, 0.2) is 5.69 Å². The number of carbonyl (C=O) groups excluding carboxylic acids is 1. The van der Waals surface area contributed by atoms with Crippen molar-refractivity contribution >= 4 is 5.91 Å². The molecule has 2 aromatic rings. The zero-order valence-electron chi connectivity index (χ0n) is 15.0. The number of fused-ring (bicyclic) bond motifs is 1. The number of hydrogen-bond donors (Lipinski definition) is 1. The highest BCUT2D eigenvalue weighted by atomic mass is 16.3. The van der Waals surface area contributed by atoms with E-state index in [0.29, 0.717) is 12.2 Å². The fourth-order valence-corrected chi connectivity index (χ4v) is 4.05. The van der Waals surface area contributed by atoms with Gasteiger partial charge in [0.2, 0.25) is 0 Å². The summed E-state index contributed by atoms with van der Waals surface area (Å²) >= 11 is 0. The van der Waals surface area contributed by atoms with E-state index in [-0.39, 0.29) is 18.6 Å². The number of aromatic nitrogens is 2. The number of nitrogens with zero attached hydrogens (tertiary/aromatic N) is 4. The van der Waals surface area contributed by atoms with Gasteiger partial charge >= 0.3 is 0 Å². The Balaban J connectivity index is 1.49. The van der Waals surface area contributed by atoms with Crippen LogP contribution in [0.5, 0.6) is 0 Å². The van der Waals surface area contributed by atoms with Crippen LogP contribution in [0.25, 0.3) is 0 Å². The Morgan fingerprint density at radius 2 is 2.00 bits per heavy atom. The highest BCUT2D eigenvalue weighted by Gasteiger charge is 2.31. The van der Waals surface area contributed by atoms with Crippen LogP contribution in [0.15, 0.2) is 36.4 Å². The molecule has 0 spiro atoms. The number of likely N-dealkylation sites (tertiary alicyclic amines) is 1. The van der Waals surface area contributed by atoms with Crippen molar-refractivity contribution in [3.05, 3.63) is 53.3 Å². The number of carbonyl (C=O) groups is 1. The Bertz CT molecular complexity index is 758. The number of aliphatic hydroxyl groups is 1.